The fraction of sp³-hybridized carbons (Fsp3) is 0.273. The number of hydrogen-bond acceptors (Lipinski definition) is 8. The van der Waals surface area contributed by atoms with E-state index in [1.54, 1.807) is 59.8 Å². The Morgan fingerprint density at radius 2 is 2.21 bits per heavy atom. The van der Waals surface area contributed by atoms with Crippen LogP contribution >= 0.6 is 0 Å². The van der Waals surface area contributed by atoms with Crippen LogP contribution in [0.2, 0.25) is 0 Å². The average molecular weight is 466 g/mol. The summed E-state index contributed by atoms with van der Waals surface area (Å²) in [6.45, 7) is 0.977. The second kappa shape index (κ2) is 9.12. The first-order chi connectivity index (χ1) is 16.1. The zero-order valence-electron chi connectivity index (χ0n) is 17.8. The first-order valence-electron chi connectivity index (χ1n) is 10.6. The highest BCUT2D eigenvalue weighted by molar-refractivity contribution is 7.91. The Bertz CT molecular complexity index is 1180. The number of benzene rings is 1. The molecular formula is C22H23N7O3S. The summed E-state index contributed by atoms with van der Waals surface area (Å²) < 4.78 is 26.3. The van der Waals surface area contributed by atoms with Crippen molar-refractivity contribution in [2.45, 2.75) is 25.3 Å². The minimum absolute atomic E-state index is 0.0553. The fourth-order valence-corrected chi connectivity index (χ4v) is 4.81. The standard InChI is InChI=1S/C22H23N7O3S/c23-21-20-17(26-33(31)27-21)5-3-6-18(20)32-13-16-4-1-2-10-29(16)22(30)15-7-8-25-19(12-15)28-11-9-24-14-28/h3,5-9,11-12,14,16,26H,1-2,4,10,13H2,(H2,23,27). The zero-order chi connectivity index (χ0) is 22.8. The lowest BCUT2D eigenvalue weighted by atomic mass is 10.0. The topological polar surface area (TPSA) is 134 Å². The van der Waals surface area contributed by atoms with Crippen molar-refractivity contribution in [3.05, 3.63) is 66.4 Å². The summed E-state index contributed by atoms with van der Waals surface area (Å²) in [6.07, 6.45) is 9.53. The maximum absolute atomic E-state index is 13.4. The predicted octanol–water partition coefficient (Wildman–Crippen LogP) is 2.05. The molecule has 0 radical (unpaired) electrons. The largest absolute Gasteiger partial charge is 0.566 e. The number of pyridine rings is 1. The van der Waals surface area contributed by atoms with E-state index in [4.69, 9.17) is 10.5 Å². The summed E-state index contributed by atoms with van der Waals surface area (Å²) in [7, 11) is 0. The van der Waals surface area contributed by atoms with Crippen LogP contribution in [0.3, 0.4) is 0 Å². The molecule has 1 saturated heterocycles. The maximum atomic E-state index is 13.4. The fourth-order valence-electron chi connectivity index (χ4n) is 4.13. The van der Waals surface area contributed by atoms with Gasteiger partial charge in [0.15, 0.2) is 5.84 Å². The number of aromatic nitrogens is 3. The van der Waals surface area contributed by atoms with Crippen LogP contribution < -0.4 is 15.2 Å². The first-order valence-corrected chi connectivity index (χ1v) is 11.7. The molecule has 2 atom stereocenters. The van der Waals surface area contributed by atoms with Gasteiger partial charge in [0.05, 0.1) is 17.3 Å². The monoisotopic (exact) mass is 465 g/mol. The molecule has 2 aromatic heterocycles. The van der Waals surface area contributed by atoms with Gasteiger partial charge >= 0.3 is 0 Å². The number of nitrogens with zero attached hydrogens (tertiary/aromatic N) is 5. The molecule has 5 rings (SSSR count). The summed E-state index contributed by atoms with van der Waals surface area (Å²) in [4.78, 5) is 23.6. The van der Waals surface area contributed by atoms with E-state index in [1.165, 1.54) is 0 Å². The van der Waals surface area contributed by atoms with E-state index in [2.05, 4.69) is 19.1 Å². The normalized spacial score (nSPS) is 19.9. The number of carbonyl (C=O) groups excluding carboxylic acids is 1. The molecule has 2 aliphatic rings. The highest BCUT2D eigenvalue weighted by Gasteiger charge is 2.30. The van der Waals surface area contributed by atoms with Gasteiger partial charge in [-0.25, -0.2) is 9.97 Å². The minimum atomic E-state index is -1.60. The highest BCUT2D eigenvalue weighted by Crippen LogP contribution is 2.31. The summed E-state index contributed by atoms with van der Waals surface area (Å²) >= 11 is -1.60. The zero-order valence-corrected chi connectivity index (χ0v) is 18.6. The number of carbonyl (C=O) groups is 1. The second-order valence-corrected chi connectivity index (χ2v) is 8.72. The summed E-state index contributed by atoms with van der Waals surface area (Å²) in [6, 6.07) is 8.79. The second-order valence-electron chi connectivity index (χ2n) is 7.84. The lowest BCUT2D eigenvalue weighted by Crippen LogP contribution is -2.46. The van der Waals surface area contributed by atoms with Crippen LogP contribution in [0.1, 0.15) is 35.2 Å². The number of imidazole rings is 1. The summed E-state index contributed by atoms with van der Waals surface area (Å²) in [5, 5.41) is 0. The third-order valence-corrected chi connectivity index (χ3v) is 6.50. The number of amidine groups is 1. The number of hydrogen-bond donors (Lipinski definition) is 2. The first kappa shape index (κ1) is 21.3. The van der Waals surface area contributed by atoms with E-state index < -0.39 is 11.5 Å². The number of anilines is 1. The van der Waals surface area contributed by atoms with Crippen LogP contribution in [0.5, 0.6) is 5.75 Å². The number of rotatable bonds is 5. The van der Waals surface area contributed by atoms with Gasteiger partial charge in [0.1, 0.15) is 24.5 Å². The summed E-state index contributed by atoms with van der Waals surface area (Å²) in [5.74, 6) is 1.29. The van der Waals surface area contributed by atoms with Gasteiger partial charge < -0.3 is 19.9 Å². The molecule has 1 aromatic carbocycles. The van der Waals surface area contributed by atoms with Crippen LogP contribution in [-0.2, 0) is 11.5 Å². The third kappa shape index (κ3) is 4.37. The number of piperidine rings is 1. The van der Waals surface area contributed by atoms with Gasteiger partial charge in [-0.15, -0.1) is 0 Å². The van der Waals surface area contributed by atoms with Crippen LogP contribution in [0.4, 0.5) is 5.69 Å². The average Bonchev–Trinajstić information content (AvgIpc) is 3.37. The molecule has 0 saturated carbocycles. The van der Waals surface area contributed by atoms with Crippen molar-refractivity contribution in [1.82, 2.24) is 19.4 Å². The van der Waals surface area contributed by atoms with E-state index in [9.17, 15) is 9.35 Å². The molecule has 2 unspecified atom stereocenters. The molecule has 2 aliphatic heterocycles. The Labute approximate surface area is 193 Å². The number of amides is 1. The lowest BCUT2D eigenvalue weighted by Gasteiger charge is -2.36. The van der Waals surface area contributed by atoms with Gasteiger partial charge in [-0.1, -0.05) is 6.07 Å². The Hall–Kier alpha value is -3.57. The van der Waals surface area contributed by atoms with Crippen molar-refractivity contribution in [2.24, 2.45) is 10.1 Å². The molecule has 0 spiro atoms. The Morgan fingerprint density at radius 1 is 1.30 bits per heavy atom. The SMILES string of the molecule is NC1=N[S+]([O-])Nc2cccc(OCC3CCCCN3C(=O)c3ccnc(-n4ccnc4)c3)c21. The molecule has 0 aliphatic carbocycles. The molecule has 33 heavy (non-hydrogen) atoms. The van der Waals surface area contributed by atoms with Gasteiger partial charge in [-0.3, -0.25) is 9.36 Å². The summed E-state index contributed by atoms with van der Waals surface area (Å²) in [5.41, 5.74) is 7.78. The lowest BCUT2D eigenvalue weighted by molar-refractivity contribution is 0.0528. The van der Waals surface area contributed by atoms with Crippen LogP contribution in [-0.4, -0.2) is 54.9 Å². The molecule has 170 valence electrons. The van der Waals surface area contributed by atoms with Crippen molar-refractivity contribution in [3.63, 3.8) is 0 Å². The molecule has 3 N–H and O–H groups in total. The number of likely N-dealkylation sites (tertiary alicyclic amines) is 1. The predicted molar refractivity (Wildman–Crippen MR) is 124 cm³/mol. The Kier molecular flexibility index (Phi) is 5.88. The molecule has 3 aromatic rings. The number of ether oxygens (including phenoxy) is 1. The van der Waals surface area contributed by atoms with E-state index in [0.29, 0.717) is 41.5 Å². The number of nitrogens with one attached hydrogen (secondary N) is 1. The van der Waals surface area contributed by atoms with Gasteiger partial charge in [0.2, 0.25) is 11.5 Å². The smallest absolute Gasteiger partial charge is 0.254 e. The van der Waals surface area contributed by atoms with Crippen LogP contribution in [0.25, 0.3) is 5.82 Å². The molecule has 10 nitrogen and oxygen atoms in total. The van der Waals surface area contributed by atoms with Crippen LogP contribution in [0, 0.1) is 0 Å². The molecular weight excluding hydrogens is 442 g/mol. The highest BCUT2D eigenvalue weighted by atomic mass is 32.2. The van der Waals surface area contributed by atoms with Crippen molar-refractivity contribution >= 4 is 29.0 Å². The van der Waals surface area contributed by atoms with E-state index in [0.717, 1.165) is 19.3 Å². The Morgan fingerprint density at radius 3 is 3.06 bits per heavy atom. The maximum Gasteiger partial charge on any atom is 0.254 e. The van der Waals surface area contributed by atoms with E-state index >= 15 is 0 Å². The van der Waals surface area contributed by atoms with Crippen molar-refractivity contribution in [1.29, 1.82) is 0 Å². The van der Waals surface area contributed by atoms with Gasteiger partial charge in [-0.05, 0) is 47.9 Å². The molecule has 11 heteroatoms. The molecule has 4 heterocycles. The van der Waals surface area contributed by atoms with E-state index in [1.807, 2.05) is 4.90 Å². The quantitative estimate of drug-likeness (QED) is 0.551. The van der Waals surface area contributed by atoms with Crippen LogP contribution in [0.15, 0.2) is 59.6 Å². The third-order valence-electron chi connectivity index (χ3n) is 5.74. The van der Waals surface area contributed by atoms with Crippen molar-refractivity contribution in [3.8, 4) is 11.6 Å². The van der Waals surface area contributed by atoms with Gasteiger partial charge in [0, 0.05) is 30.7 Å². The molecule has 0 bridgehead atoms. The number of fused-ring (bicyclic) bond motifs is 1. The van der Waals surface area contributed by atoms with Crippen molar-refractivity contribution in [2.75, 3.05) is 17.9 Å². The molecule has 1 fully saturated rings. The molecule has 1 amide bonds. The number of nitrogens with two attached hydrogens (primary N) is 1. The Balaban J connectivity index is 1.34. The van der Waals surface area contributed by atoms with Gasteiger partial charge in [0.25, 0.3) is 5.91 Å². The van der Waals surface area contributed by atoms with Gasteiger partial charge in [-0.2, -0.15) is 4.72 Å². The minimum Gasteiger partial charge on any atom is -0.566 e. The van der Waals surface area contributed by atoms with Crippen molar-refractivity contribution < 1.29 is 14.1 Å². The van der Waals surface area contributed by atoms with E-state index in [-0.39, 0.29) is 17.8 Å².